The molecule has 3 heterocycles. The number of pyridine rings is 1. The minimum absolute atomic E-state index is 0.00269. The van der Waals surface area contributed by atoms with E-state index < -0.39 is 16.6 Å². The number of nitro groups is 1. The number of carbonyl (C=O) groups excluding carboxylic acids is 1. The van der Waals surface area contributed by atoms with Crippen LogP contribution in [0.25, 0.3) is 11.3 Å². The van der Waals surface area contributed by atoms with Gasteiger partial charge in [-0.3, -0.25) is 19.2 Å². The first-order valence-electron chi connectivity index (χ1n) is 10.5. The second-order valence-corrected chi connectivity index (χ2v) is 7.56. The van der Waals surface area contributed by atoms with Crippen LogP contribution in [0.2, 0.25) is 0 Å². The summed E-state index contributed by atoms with van der Waals surface area (Å²) < 4.78 is 21.6. The Morgan fingerprint density at radius 2 is 2.12 bits per heavy atom. The summed E-state index contributed by atoms with van der Waals surface area (Å²) in [7, 11) is 0. The van der Waals surface area contributed by atoms with Crippen molar-refractivity contribution in [1.82, 2.24) is 24.8 Å². The molecule has 0 unspecified atom stereocenters. The second-order valence-electron chi connectivity index (χ2n) is 7.56. The van der Waals surface area contributed by atoms with Gasteiger partial charge in [0, 0.05) is 49.5 Å². The van der Waals surface area contributed by atoms with Gasteiger partial charge < -0.3 is 20.2 Å². The van der Waals surface area contributed by atoms with Crippen molar-refractivity contribution in [3.05, 3.63) is 69.8 Å². The van der Waals surface area contributed by atoms with E-state index in [1.54, 1.807) is 23.8 Å². The maximum Gasteiger partial charge on any atom is 0.414 e. The number of aromatic nitrogens is 3. The van der Waals surface area contributed by atoms with Gasteiger partial charge in [0.15, 0.2) is 0 Å². The maximum absolute atomic E-state index is 14.4. The molecule has 0 radical (unpaired) electrons. The molecule has 0 atom stereocenters. The SMILES string of the molecule is CCNC(=O)c1ccc(-c2ccc(CN3CCOc4nc([N+](=O)[O-])cn4CC3)cn2)cc1F. The molecule has 0 saturated carbocycles. The van der Waals surface area contributed by atoms with E-state index in [1.807, 2.05) is 12.1 Å². The zero-order valence-electron chi connectivity index (χ0n) is 18.0. The Labute approximate surface area is 189 Å². The van der Waals surface area contributed by atoms with Gasteiger partial charge in [-0.15, -0.1) is 0 Å². The maximum atomic E-state index is 14.4. The fourth-order valence-corrected chi connectivity index (χ4v) is 3.60. The molecule has 3 aromatic rings. The molecular formula is C22H23FN6O4. The Hall–Kier alpha value is -3.86. The lowest BCUT2D eigenvalue weighted by atomic mass is 10.1. The summed E-state index contributed by atoms with van der Waals surface area (Å²) in [5.74, 6) is -1.27. The van der Waals surface area contributed by atoms with Gasteiger partial charge in [-0.25, -0.2) is 4.39 Å². The highest BCUT2D eigenvalue weighted by Gasteiger charge is 2.23. The zero-order valence-corrected chi connectivity index (χ0v) is 18.0. The summed E-state index contributed by atoms with van der Waals surface area (Å²) in [5, 5.41) is 13.5. The predicted octanol–water partition coefficient (Wildman–Crippen LogP) is 2.64. The average Bonchev–Trinajstić information content (AvgIpc) is 3.19. The molecule has 11 heteroatoms. The molecule has 0 spiro atoms. The molecule has 0 saturated heterocycles. The van der Waals surface area contributed by atoms with E-state index in [2.05, 4.69) is 20.2 Å². The minimum Gasteiger partial charge on any atom is -0.444 e. The molecule has 4 rings (SSSR count). The van der Waals surface area contributed by atoms with Crippen molar-refractivity contribution in [2.45, 2.75) is 20.0 Å². The van der Waals surface area contributed by atoms with Crippen LogP contribution in [0.3, 0.4) is 0 Å². The molecule has 10 nitrogen and oxygen atoms in total. The lowest BCUT2D eigenvalue weighted by Crippen LogP contribution is -2.33. The number of fused-ring (bicyclic) bond motifs is 1. The van der Waals surface area contributed by atoms with Crippen molar-refractivity contribution >= 4 is 11.7 Å². The van der Waals surface area contributed by atoms with Crippen LogP contribution in [0.15, 0.2) is 42.7 Å². The third-order valence-corrected chi connectivity index (χ3v) is 5.29. The zero-order chi connectivity index (χ0) is 23.4. The average molecular weight is 454 g/mol. The Bertz CT molecular complexity index is 1160. The van der Waals surface area contributed by atoms with Crippen molar-refractivity contribution in [1.29, 1.82) is 0 Å². The number of rotatable bonds is 6. The summed E-state index contributed by atoms with van der Waals surface area (Å²) in [6.07, 6.45) is 3.11. The van der Waals surface area contributed by atoms with E-state index in [9.17, 15) is 19.3 Å². The van der Waals surface area contributed by atoms with E-state index in [-0.39, 0.29) is 17.4 Å². The number of hydrogen-bond donors (Lipinski definition) is 1. The highest BCUT2D eigenvalue weighted by atomic mass is 19.1. The van der Waals surface area contributed by atoms with Crippen molar-refractivity contribution in [3.8, 4) is 17.3 Å². The fraction of sp³-hybridized carbons (Fsp3) is 0.318. The molecular weight excluding hydrogens is 431 g/mol. The normalized spacial score (nSPS) is 14.0. The number of carbonyl (C=O) groups is 1. The fourth-order valence-electron chi connectivity index (χ4n) is 3.60. The summed E-state index contributed by atoms with van der Waals surface area (Å²) in [5.41, 5.74) is 2.16. The summed E-state index contributed by atoms with van der Waals surface area (Å²) >= 11 is 0. The Balaban J connectivity index is 1.41. The van der Waals surface area contributed by atoms with Crippen LogP contribution in [0.1, 0.15) is 22.8 Å². The topological polar surface area (TPSA) is 115 Å². The van der Waals surface area contributed by atoms with Crippen LogP contribution in [-0.2, 0) is 13.1 Å². The van der Waals surface area contributed by atoms with E-state index >= 15 is 0 Å². The number of nitrogens with zero attached hydrogens (tertiary/aromatic N) is 5. The van der Waals surface area contributed by atoms with Crippen LogP contribution in [-0.4, -0.2) is 56.5 Å². The molecule has 2 aromatic heterocycles. The largest absolute Gasteiger partial charge is 0.444 e. The second kappa shape index (κ2) is 9.74. The molecule has 1 N–H and O–H groups in total. The van der Waals surface area contributed by atoms with E-state index in [0.29, 0.717) is 50.6 Å². The van der Waals surface area contributed by atoms with Crippen molar-refractivity contribution in [3.63, 3.8) is 0 Å². The van der Waals surface area contributed by atoms with Crippen LogP contribution >= 0.6 is 0 Å². The summed E-state index contributed by atoms with van der Waals surface area (Å²) in [6.45, 7) is 4.99. The van der Waals surface area contributed by atoms with Crippen molar-refractivity contribution < 1.29 is 18.8 Å². The first kappa shape index (κ1) is 22.3. The number of benzene rings is 1. The molecule has 0 aliphatic carbocycles. The number of nitrogens with one attached hydrogen (secondary N) is 1. The van der Waals surface area contributed by atoms with Crippen LogP contribution < -0.4 is 10.1 Å². The number of amides is 1. The van der Waals surface area contributed by atoms with Gasteiger partial charge >= 0.3 is 11.8 Å². The van der Waals surface area contributed by atoms with E-state index in [0.717, 1.165) is 5.56 Å². The molecule has 1 amide bonds. The third-order valence-electron chi connectivity index (χ3n) is 5.29. The molecule has 0 bridgehead atoms. The van der Waals surface area contributed by atoms with E-state index in [4.69, 9.17) is 4.74 Å². The first-order chi connectivity index (χ1) is 15.9. The summed E-state index contributed by atoms with van der Waals surface area (Å²) in [6, 6.07) is 8.44. The van der Waals surface area contributed by atoms with Gasteiger partial charge in [-0.1, -0.05) is 12.1 Å². The van der Waals surface area contributed by atoms with Gasteiger partial charge in [0.25, 0.3) is 5.91 Å². The molecule has 172 valence electrons. The molecule has 0 fully saturated rings. The summed E-state index contributed by atoms with van der Waals surface area (Å²) in [4.78, 5) is 32.8. The molecule has 1 aromatic carbocycles. The monoisotopic (exact) mass is 454 g/mol. The smallest absolute Gasteiger partial charge is 0.414 e. The molecule has 33 heavy (non-hydrogen) atoms. The highest BCUT2D eigenvalue weighted by Crippen LogP contribution is 2.22. The van der Waals surface area contributed by atoms with Crippen LogP contribution in [0.5, 0.6) is 6.01 Å². The number of ether oxygens (including phenoxy) is 1. The predicted molar refractivity (Wildman–Crippen MR) is 117 cm³/mol. The van der Waals surface area contributed by atoms with Crippen LogP contribution in [0.4, 0.5) is 10.2 Å². The van der Waals surface area contributed by atoms with Crippen molar-refractivity contribution in [2.75, 3.05) is 26.2 Å². The van der Waals surface area contributed by atoms with Gasteiger partial charge in [-0.05, 0) is 35.6 Å². The highest BCUT2D eigenvalue weighted by molar-refractivity contribution is 5.94. The van der Waals surface area contributed by atoms with E-state index in [1.165, 1.54) is 18.3 Å². The lowest BCUT2D eigenvalue weighted by molar-refractivity contribution is -0.389. The Kier molecular flexibility index (Phi) is 6.59. The van der Waals surface area contributed by atoms with Gasteiger partial charge in [0.05, 0.1) is 11.3 Å². The standard InChI is InChI=1S/C22H23FN6O4/c1-2-24-21(30)17-5-4-16(11-18(17)23)19-6-3-15(12-25-19)13-27-7-8-28-14-20(29(31)32)26-22(28)33-10-9-27/h3-6,11-12,14H,2,7-10,13H2,1H3,(H,24,30). The minimum atomic E-state index is -0.593. The van der Waals surface area contributed by atoms with Crippen LogP contribution in [0, 0.1) is 15.9 Å². The Morgan fingerprint density at radius 3 is 2.82 bits per heavy atom. The quantitative estimate of drug-likeness (QED) is 0.450. The number of imidazole rings is 1. The Morgan fingerprint density at radius 1 is 1.27 bits per heavy atom. The lowest BCUT2D eigenvalue weighted by Gasteiger charge is -2.24. The molecule has 1 aliphatic heterocycles. The third kappa shape index (κ3) is 5.14. The van der Waals surface area contributed by atoms with Gasteiger partial charge in [0.1, 0.15) is 18.6 Å². The van der Waals surface area contributed by atoms with Crippen molar-refractivity contribution in [2.24, 2.45) is 0 Å². The van der Waals surface area contributed by atoms with Gasteiger partial charge in [-0.2, -0.15) is 0 Å². The van der Waals surface area contributed by atoms with Gasteiger partial charge in [0.2, 0.25) is 0 Å². The number of hydrogen-bond acceptors (Lipinski definition) is 7. The first-order valence-corrected chi connectivity index (χ1v) is 10.5. The number of halogens is 1. The molecule has 1 aliphatic rings.